The van der Waals surface area contributed by atoms with Crippen molar-refractivity contribution in [3.8, 4) is 0 Å². The Bertz CT molecular complexity index is 1730. The van der Waals surface area contributed by atoms with E-state index in [1.807, 2.05) is 12.2 Å². The van der Waals surface area contributed by atoms with Crippen LogP contribution >= 0.6 is 0 Å². The minimum Gasteiger partial charge on any atom is -0.465 e. The summed E-state index contributed by atoms with van der Waals surface area (Å²) in [6.07, 6.45) is 6.06. The Kier molecular flexibility index (Phi) is 9.88. The molecule has 2 saturated carbocycles. The van der Waals surface area contributed by atoms with E-state index in [2.05, 4.69) is 0 Å². The number of hydrogen-bond acceptors (Lipinski definition) is 9. The van der Waals surface area contributed by atoms with Gasteiger partial charge in [-0.25, -0.2) is 26.7 Å². The van der Waals surface area contributed by atoms with E-state index in [0.29, 0.717) is 35.5 Å². The van der Waals surface area contributed by atoms with Gasteiger partial charge in [0.25, 0.3) is 23.6 Å². The molecule has 16 heteroatoms. The second-order valence-electron chi connectivity index (χ2n) is 12.5. The van der Waals surface area contributed by atoms with Gasteiger partial charge in [-0.1, -0.05) is 36.8 Å². The second-order valence-corrected chi connectivity index (χ2v) is 12.5. The molecule has 3 aliphatic carbocycles. The number of fused-ring (bicyclic) bond motifs is 6. The van der Waals surface area contributed by atoms with E-state index in [1.165, 1.54) is 14.2 Å². The lowest BCUT2D eigenvalue weighted by Crippen LogP contribution is -2.36. The van der Waals surface area contributed by atoms with Crippen LogP contribution in [0.1, 0.15) is 47.2 Å². The summed E-state index contributed by atoms with van der Waals surface area (Å²) in [7, 11) is 2.70. The molecule has 2 aromatic carbocycles. The summed E-state index contributed by atoms with van der Waals surface area (Å²) in [5.74, 6) is -15.0. The lowest BCUT2D eigenvalue weighted by Gasteiger charge is -2.28. The van der Waals surface area contributed by atoms with Crippen molar-refractivity contribution in [2.45, 2.75) is 45.0 Å². The molecule has 266 valence electrons. The Morgan fingerprint density at radius 1 is 0.720 bits per heavy atom. The summed E-state index contributed by atoms with van der Waals surface area (Å²) in [4.78, 5) is 71.9. The van der Waals surface area contributed by atoms with Crippen molar-refractivity contribution in [2.75, 3.05) is 14.2 Å². The van der Waals surface area contributed by atoms with Crippen LogP contribution in [0.5, 0.6) is 0 Å². The van der Waals surface area contributed by atoms with Crippen molar-refractivity contribution in [2.24, 2.45) is 35.5 Å². The topological polar surface area (TPSA) is 129 Å². The summed E-state index contributed by atoms with van der Waals surface area (Å²) < 4.78 is 76.8. The summed E-state index contributed by atoms with van der Waals surface area (Å²) in [5, 5.41) is 1.24. The number of methoxy groups -OCH3 is 2. The largest absolute Gasteiger partial charge is 0.465 e. The zero-order valence-electron chi connectivity index (χ0n) is 26.7. The van der Waals surface area contributed by atoms with E-state index in [1.54, 1.807) is 24.3 Å². The maximum Gasteiger partial charge on any atom is 0.338 e. The van der Waals surface area contributed by atoms with Gasteiger partial charge in [-0.2, -0.15) is 10.1 Å². The predicted octanol–water partition coefficient (Wildman–Crippen LogP) is 4.33. The van der Waals surface area contributed by atoms with Gasteiger partial charge >= 0.3 is 5.97 Å². The normalized spacial score (nSPS) is 27.9. The molecule has 0 radical (unpaired) electrons. The maximum absolute atomic E-state index is 13.7. The van der Waals surface area contributed by atoms with Gasteiger partial charge in [0.15, 0.2) is 23.3 Å². The molecule has 7 unspecified atom stereocenters. The van der Waals surface area contributed by atoms with E-state index < -0.39 is 77.0 Å². The van der Waals surface area contributed by atoms with Gasteiger partial charge in [-0.05, 0) is 42.7 Å². The van der Waals surface area contributed by atoms with Crippen molar-refractivity contribution in [3.05, 3.63) is 82.2 Å². The molecule has 11 nitrogen and oxygen atoms in total. The van der Waals surface area contributed by atoms with Crippen LogP contribution in [0, 0.1) is 64.6 Å². The minimum absolute atomic E-state index is 0.0368. The van der Waals surface area contributed by atoms with Crippen LogP contribution in [0.2, 0.25) is 0 Å². The molecule has 0 aromatic heterocycles. The quantitative estimate of drug-likeness (QED) is 0.0985. The molecule has 5 aliphatic rings. The van der Waals surface area contributed by atoms with Gasteiger partial charge in [0.1, 0.15) is 13.2 Å². The highest BCUT2D eigenvalue weighted by molar-refractivity contribution is 6.05. The third-order valence-corrected chi connectivity index (χ3v) is 9.98. The number of ether oxygens (including phenoxy) is 2. The first-order valence-electron chi connectivity index (χ1n) is 15.8. The standard InChI is InChI=1S/C18H17NO5.C16H14F5NO4/c1-23-18(22)13-5-3-2-4-12(13)9-24-19-16(20)14-10-6-7-11(8-10)15(14)17(19)21;1-25-8-4-2-3-6-9(8)16(24)22(15(6)23)26-5-7-10(17)12(19)14(21)13(20)11(7)18/h2-7,10-11,14-15H,8-9H2,1H3;6,8-9H,2-5H2,1H3. The van der Waals surface area contributed by atoms with Crippen molar-refractivity contribution < 1.29 is 65.1 Å². The van der Waals surface area contributed by atoms with Crippen LogP contribution in [-0.2, 0) is 51.5 Å². The Labute approximate surface area is 281 Å². The first-order chi connectivity index (χ1) is 23.9. The minimum atomic E-state index is -2.30. The molecule has 0 spiro atoms. The number of carbonyl (C=O) groups is 5. The highest BCUT2D eigenvalue weighted by Gasteiger charge is 2.60. The molecule has 0 N–H and O–H groups in total. The van der Waals surface area contributed by atoms with Crippen molar-refractivity contribution in [1.82, 2.24) is 10.1 Å². The number of hydroxylamine groups is 4. The number of imide groups is 2. The molecule has 2 aromatic rings. The van der Waals surface area contributed by atoms with Crippen LogP contribution in [0.25, 0.3) is 0 Å². The van der Waals surface area contributed by atoms with Gasteiger partial charge in [0, 0.05) is 7.11 Å². The number of benzene rings is 2. The van der Waals surface area contributed by atoms with Crippen LogP contribution in [0.15, 0.2) is 36.4 Å². The molecular formula is C34H31F5N2O9. The number of carbonyl (C=O) groups excluding carboxylic acids is 5. The Balaban J connectivity index is 0.000000173. The van der Waals surface area contributed by atoms with E-state index in [-0.39, 0.29) is 42.1 Å². The molecule has 2 heterocycles. The monoisotopic (exact) mass is 706 g/mol. The summed E-state index contributed by atoms with van der Waals surface area (Å²) in [6, 6.07) is 6.81. The number of hydrogen-bond donors (Lipinski definition) is 0. The van der Waals surface area contributed by atoms with Gasteiger partial charge in [0.2, 0.25) is 5.82 Å². The van der Waals surface area contributed by atoms with Gasteiger partial charge in [0.05, 0.1) is 48.0 Å². The lowest BCUT2D eigenvalue weighted by molar-refractivity contribution is -0.195. The molecule has 4 amide bonds. The Morgan fingerprint density at radius 2 is 1.26 bits per heavy atom. The van der Waals surface area contributed by atoms with E-state index in [4.69, 9.17) is 19.1 Å². The summed E-state index contributed by atoms with van der Waals surface area (Å²) >= 11 is 0. The summed E-state index contributed by atoms with van der Waals surface area (Å²) in [5.41, 5.74) is -0.329. The highest BCUT2D eigenvalue weighted by atomic mass is 19.2. The van der Waals surface area contributed by atoms with Crippen molar-refractivity contribution in [3.63, 3.8) is 0 Å². The lowest BCUT2D eigenvalue weighted by atomic mass is 9.79. The molecular weight excluding hydrogens is 675 g/mol. The molecule has 50 heavy (non-hydrogen) atoms. The van der Waals surface area contributed by atoms with Crippen LogP contribution in [0.4, 0.5) is 22.0 Å². The van der Waals surface area contributed by atoms with Gasteiger partial charge in [-0.3, -0.25) is 28.9 Å². The molecule has 4 fully saturated rings. The number of rotatable bonds is 8. The molecule has 2 saturated heterocycles. The van der Waals surface area contributed by atoms with Gasteiger partial charge in [-0.15, -0.1) is 0 Å². The fourth-order valence-electron chi connectivity index (χ4n) is 7.55. The van der Waals surface area contributed by atoms with Crippen LogP contribution < -0.4 is 0 Å². The third kappa shape index (κ3) is 5.88. The zero-order valence-corrected chi connectivity index (χ0v) is 26.7. The number of halogens is 5. The number of allylic oxidation sites excluding steroid dienone is 2. The number of nitrogens with zero attached hydrogens (tertiary/aromatic N) is 2. The Morgan fingerprint density at radius 3 is 1.86 bits per heavy atom. The smallest absolute Gasteiger partial charge is 0.338 e. The fourth-order valence-corrected chi connectivity index (χ4v) is 7.55. The number of amides is 4. The Hall–Kier alpha value is -4.54. The molecule has 2 bridgehead atoms. The SMILES string of the molecule is COC(=O)c1ccccc1CON1C(=O)C2C3C=CC(C3)C2C1=O.COC1CCCC2C(=O)N(OCc3c(F)c(F)c(F)c(F)c3F)C(=O)C12. The van der Waals surface area contributed by atoms with Gasteiger partial charge < -0.3 is 9.47 Å². The molecule has 7 atom stereocenters. The highest BCUT2D eigenvalue weighted by Crippen LogP contribution is 2.52. The predicted molar refractivity (Wildman–Crippen MR) is 157 cm³/mol. The first-order valence-corrected chi connectivity index (χ1v) is 15.8. The average Bonchev–Trinajstić information content (AvgIpc) is 3.87. The fraction of sp³-hybridized carbons (Fsp3) is 0.441. The third-order valence-electron chi connectivity index (χ3n) is 9.98. The maximum atomic E-state index is 13.7. The van der Waals surface area contributed by atoms with Crippen LogP contribution in [0.3, 0.4) is 0 Å². The van der Waals surface area contributed by atoms with E-state index in [9.17, 15) is 45.9 Å². The summed E-state index contributed by atoms with van der Waals surface area (Å²) in [6.45, 7) is -1.20. The number of esters is 1. The van der Waals surface area contributed by atoms with E-state index in [0.717, 1.165) is 11.5 Å². The van der Waals surface area contributed by atoms with Crippen LogP contribution in [-0.4, -0.2) is 60.0 Å². The molecule has 7 rings (SSSR count). The van der Waals surface area contributed by atoms with Crippen molar-refractivity contribution in [1.29, 1.82) is 0 Å². The van der Waals surface area contributed by atoms with Crippen molar-refractivity contribution >= 4 is 29.6 Å². The second kappa shape index (κ2) is 14.0. The molecule has 2 aliphatic heterocycles. The van der Waals surface area contributed by atoms with E-state index >= 15 is 0 Å². The average molecular weight is 707 g/mol. The first kappa shape index (κ1) is 35.3. The zero-order chi connectivity index (χ0) is 36.0.